The predicted molar refractivity (Wildman–Crippen MR) is 176 cm³/mol. The highest BCUT2D eigenvalue weighted by atomic mass is 31.3. The lowest BCUT2D eigenvalue weighted by Gasteiger charge is -2.24. The van der Waals surface area contributed by atoms with E-state index in [0.29, 0.717) is 11.0 Å². The number of nitrogens with two attached hydrogens (primary N) is 1. The topological polar surface area (TPSA) is 365 Å². The molecule has 0 bridgehead atoms. The molecule has 6 rings (SSSR count). The second-order valence-corrected chi connectivity index (χ2v) is 15.2. The number of nitrogen functional groups attached to an aromatic ring is 1. The Balaban J connectivity index is 1.07. The number of aliphatic hydroxyl groups is 5. The molecule has 26 heteroatoms. The number of imidazole rings is 1. The van der Waals surface area contributed by atoms with Crippen LogP contribution in [0.1, 0.15) is 17.4 Å². The summed E-state index contributed by atoms with van der Waals surface area (Å²) in [6.45, 7) is 0.855. The zero-order chi connectivity index (χ0) is 38.6. The molecule has 9 atom stereocenters. The molecular weight excluding hydrogens is 752 g/mol. The number of phosphoric ester groups is 2. The van der Waals surface area contributed by atoms with Gasteiger partial charge in [0.05, 0.1) is 19.5 Å². The van der Waals surface area contributed by atoms with Gasteiger partial charge in [0.25, 0.3) is 5.56 Å². The van der Waals surface area contributed by atoms with Crippen LogP contribution in [0.2, 0.25) is 0 Å². The third kappa shape index (κ3) is 7.91. The van der Waals surface area contributed by atoms with Gasteiger partial charge in [-0.15, -0.1) is 0 Å². The van der Waals surface area contributed by atoms with Crippen LogP contribution in [0.5, 0.6) is 0 Å². The minimum Gasteiger partial charge on any atom is -0.388 e. The molecule has 1 fully saturated rings. The number of anilines is 1. The van der Waals surface area contributed by atoms with Crippen molar-refractivity contribution in [1.29, 1.82) is 0 Å². The van der Waals surface area contributed by atoms with Crippen molar-refractivity contribution < 1.29 is 67.1 Å². The Bertz CT molecular complexity index is 2410. The van der Waals surface area contributed by atoms with Crippen LogP contribution in [-0.2, 0) is 33.8 Å². The summed E-state index contributed by atoms with van der Waals surface area (Å²) in [5.41, 5.74) is 6.28. The Morgan fingerprint density at radius 2 is 1.68 bits per heavy atom. The molecule has 1 aliphatic rings. The SMILES string of the molecule is Cc1cc2nc3c(=O)[nH]c(=O)[nH]c3[n+](C[C@@H](O)[C@H](O)[C@H](O)COP(=O)(O)OP(=O)(O)OC[C@@H]3O[C@@H](n4cnc5c(N)ncnc54)[C@H](O)[C@H]3O)c2cc1C. The summed E-state index contributed by atoms with van der Waals surface area (Å²) in [5.74, 6) is 0.0305. The molecule has 0 spiro atoms. The Morgan fingerprint density at radius 1 is 0.981 bits per heavy atom. The number of fused-ring (bicyclic) bond motifs is 3. The number of aryl methyl sites for hydroxylation is 2. The van der Waals surface area contributed by atoms with Crippen molar-refractivity contribution in [2.24, 2.45) is 0 Å². The Hall–Kier alpha value is -4.13. The number of ether oxygens (including phenoxy) is 1. The van der Waals surface area contributed by atoms with E-state index in [2.05, 4.69) is 38.7 Å². The van der Waals surface area contributed by atoms with Gasteiger partial charge >= 0.3 is 27.0 Å². The first-order valence-electron chi connectivity index (χ1n) is 15.5. The molecule has 1 aromatic carbocycles. The number of nitrogens with one attached hydrogen (secondary N) is 2. The lowest BCUT2D eigenvalue weighted by atomic mass is 10.1. The first kappa shape index (κ1) is 38.6. The smallest absolute Gasteiger partial charge is 0.388 e. The predicted octanol–water partition coefficient (Wildman–Crippen LogP) is -2.96. The van der Waals surface area contributed by atoms with Gasteiger partial charge < -0.3 is 45.8 Å². The van der Waals surface area contributed by atoms with Crippen molar-refractivity contribution in [2.45, 2.75) is 63.2 Å². The first-order valence-corrected chi connectivity index (χ1v) is 18.5. The summed E-state index contributed by atoms with van der Waals surface area (Å²) in [5, 5.41) is 53.1. The van der Waals surface area contributed by atoms with Crippen LogP contribution >= 0.6 is 15.6 Å². The van der Waals surface area contributed by atoms with Crippen molar-refractivity contribution in [2.75, 3.05) is 18.9 Å². The molecule has 5 aromatic rings. The number of aromatic amines is 2. The Labute approximate surface area is 295 Å². The largest absolute Gasteiger partial charge is 0.481 e. The normalized spacial score (nSPS) is 23.3. The van der Waals surface area contributed by atoms with Crippen molar-refractivity contribution in [1.82, 2.24) is 34.5 Å². The van der Waals surface area contributed by atoms with Crippen molar-refractivity contribution in [3.8, 4) is 0 Å². The number of aliphatic hydroxyl groups excluding tert-OH is 5. The van der Waals surface area contributed by atoms with E-state index in [1.54, 1.807) is 26.0 Å². The van der Waals surface area contributed by atoms with Gasteiger partial charge in [0.1, 0.15) is 60.5 Å². The zero-order valence-electron chi connectivity index (χ0n) is 27.5. The molecule has 0 amide bonds. The molecule has 4 aromatic heterocycles. The van der Waals surface area contributed by atoms with Crippen LogP contribution in [0.25, 0.3) is 33.4 Å². The van der Waals surface area contributed by atoms with E-state index in [0.717, 1.165) is 17.5 Å². The summed E-state index contributed by atoms with van der Waals surface area (Å²) in [6.07, 6.45) is -9.88. The maximum Gasteiger partial charge on any atom is 0.481 e. The monoisotopic (exact) mass is 786 g/mol. The fourth-order valence-corrected chi connectivity index (χ4v) is 7.70. The molecule has 286 valence electrons. The van der Waals surface area contributed by atoms with Gasteiger partial charge in [-0.25, -0.2) is 38.4 Å². The van der Waals surface area contributed by atoms with Crippen LogP contribution in [0.15, 0.2) is 34.4 Å². The van der Waals surface area contributed by atoms with Crippen molar-refractivity contribution in [3.05, 3.63) is 56.8 Å². The molecule has 2 unspecified atom stereocenters. The third-order valence-electron chi connectivity index (χ3n) is 8.46. The summed E-state index contributed by atoms with van der Waals surface area (Å²) in [4.78, 5) is 65.4. The fourth-order valence-electron chi connectivity index (χ4n) is 5.61. The first-order chi connectivity index (χ1) is 24.9. The van der Waals surface area contributed by atoms with Crippen LogP contribution in [0.4, 0.5) is 5.82 Å². The number of aromatic nitrogens is 8. The van der Waals surface area contributed by atoms with Gasteiger partial charge in [-0.2, -0.15) is 9.29 Å². The highest BCUT2D eigenvalue weighted by Crippen LogP contribution is 2.60. The van der Waals surface area contributed by atoms with E-state index in [9.17, 15) is 54.0 Å². The molecule has 0 saturated carbocycles. The quantitative estimate of drug-likeness (QED) is 0.0324. The molecule has 11 N–H and O–H groups in total. The van der Waals surface area contributed by atoms with E-state index >= 15 is 0 Å². The van der Waals surface area contributed by atoms with Gasteiger partial charge in [0.2, 0.25) is 5.52 Å². The van der Waals surface area contributed by atoms with E-state index in [1.165, 1.54) is 15.5 Å². The van der Waals surface area contributed by atoms with Crippen molar-refractivity contribution in [3.63, 3.8) is 0 Å². The summed E-state index contributed by atoms with van der Waals surface area (Å²) in [6, 6.07) is 3.33. The Morgan fingerprint density at radius 3 is 2.42 bits per heavy atom. The van der Waals surface area contributed by atoms with E-state index < -0.39 is 89.5 Å². The number of phosphoric acid groups is 2. The van der Waals surface area contributed by atoms with E-state index in [4.69, 9.17) is 15.0 Å². The molecular formula is C27H34N9O15P2+. The lowest BCUT2D eigenvalue weighted by Crippen LogP contribution is -2.51. The average molecular weight is 787 g/mol. The molecule has 1 saturated heterocycles. The molecule has 1 aliphatic heterocycles. The van der Waals surface area contributed by atoms with Gasteiger partial charge in [0.15, 0.2) is 23.2 Å². The number of hydrogen-bond donors (Lipinski definition) is 10. The highest BCUT2D eigenvalue weighted by molar-refractivity contribution is 7.61. The number of benzene rings is 1. The highest BCUT2D eigenvalue weighted by Gasteiger charge is 2.46. The standard InChI is InChI=1S/C27H33N9O15P2/c1-10-3-12-13(4-11(10)2)35(24-18(32-12)25(42)34-27(43)33-24)5-14(37)19(39)15(38)6-48-52(44,45)51-53(46,47)49-7-16-20(40)21(41)26(50-16)36-9-31-17-22(28)29-8-30-23(17)36/h3-4,8-9,14-16,19-21,26,37-41H,5-7H2,1-2H3,(H5,28,29,30,34,42,43,44,45,46,47)/p+1/t14-,15-,16+,19+,20+,21-,26-/m1/s1. The number of hydrogen-bond acceptors (Lipinski definition) is 18. The van der Waals surface area contributed by atoms with Crippen molar-refractivity contribution >= 4 is 54.8 Å². The van der Waals surface area contributed by atoms with Gasteiger partial charge in [-0.1, -0.05) is 0 Å². The van der Waals surface area contributed by atoms with Crippen LogP contribution in [0.3, 0.4) is 0 Å². The molecule has 0 aliphatic carbocycles. The molecule has 53 heavy (non-hydrogen) atoms. The molecule has 0 radical (unpaired) electrons. The Kier molecular flexibility index (Phi) is 10.6. The van der Waals surface area contributed by atoms with Crippen LogP contribution < -0.4 is 21.5 Å². The zero-order valence-corrected chi connectivity index (χ0v) is 29.3. The second kappa shape index (κ2) is 14.6. The summed E-state index contributed by atoms with van der Waals surface area (Å²) < 4.78 is 46.7. The maximum absolute atomic E-state index is 12.5. The van der Waals surface area contributed by atoms with E-state index in [1.807, 2.05) is 0 Å². The summed E-state index contributed by atoms with van der Waals surface area (Å²) in [7, 11) is -11.0. The van der Waals surface area contributed by atoms with Gasteiger partial charge in [0, 0.05) is 0 Å². The van der Waals surface area contributed by atoms with E-state index in [-0.39, 0.29) is 28.1 Å². The van der Waals surface area contributed by atoms with Crippen LogP contribution in [0, 0.1) is 13.8 Å². The molecule has 5 heterocycles. The van der Waals surface area contributed by atoms with Gasteiger partial charge in [-0.3, -0.25) is 23.4 Å². The maximum atomic E-state index is 12.5. The molecule has 24 nitrogen and oxygen atoms in total. The average Bonchev–Trinajstić information content (AvgIpc) is 3.63. The minimum absolute atomic E-state index is 0.0305. The minimum atomic E-state index is -5.54. The fraction of sp³-hybridized carbons (Fsp3) is 0.444. The van der Waals surface area contributed by atoms with Gasteiger partial charge in [-0.05, 0) is 37.1 Å². The third-order valence-corrected chi connectivity index (χ3v) is 11.1. The second-order valence-electron chi connectivity index (χ2n) is 12.1. The van der Waals surface area contributed by atoms with Crippen LogP contribution in [-0.4, -0.2) is 120 Å². The number of H-pyrrole nitrogens is 2. The number of rotatable bonds is 13. The number of nitrogens with zero attached hydrogens (tertiary/aromatic N) is 6. The lowest BCUT2D eigenvalue weighted by molar-refractivity contribution is -0.657. The summed E-state index contributed by atoms with van der Waals surface area (Å²) >= 11 is 0.